The molecule has 7 nitrogen and oxygen atoms in total. The van der Waals surface area contributed by atoms with E-state index in [4.69, 9.17) is 9.94 Å². The molecule has 2 atom stereocenters. The zero-order valence-electron chi connectivity index (χ0n) is 18.2. The lowest BCUT2D eigenvalue weighted by Crippen LogP contribution is -2.59. The number of piperidine rings is 2. The molecule has 3 fully saturated rings. The number of methoxy groups -OCH3 is 1. The summed E-state index contributed by atoms with van der Waals surface area (Å²) < 4.78 is 5.48. The van der Waals surface area contributed by atoms with Gasteiger partial charge < -0.3 is 15.0 Å². The molecule has 7 heteroatoms. The van der Waals surface area contributed by atoms with Crippen LogP contribution in [-0.2, 0) is 9.59 Å². The molecule has 0 radical (unpaired) electrons. The van der Waals surface area contributed by atoms with Gasteiger partial charge in [0.05, 0.1) is 19.1 Å². The summed E-state index contributed by atoms with van der Waals surface area (Å²) in [6, 6.07) is 3.85. The average molecular weight is 416 g/mol. The molecule has 30 heavy (non-hydrogen) atoms. The minimum absolute atomic E-state index is 0.0142. The van der Waals surface area contributed by atoms with E-state index in [2.05, 4.69) is 31.3 Å². The van der Waals surface area contributed by atoms with E-state index in [1.807, 2.05) is 4.90 Å². The second-order valence-electron chi connectivity index (χ2n) is 9.43. The molecule has 1 saturated carbocycles. The number of carbonyl (C=O) groups is 2. The van der Waals surface area contributed by atoms with E-state index in [1.54, 1.807) is 12.6 Å². The summed E-state index contributed by atoms with van der Waals surface area (Å²) >= 11 is 0. The number of aryl methyl sites for hydroxylation is 2. The third-order valence-corrected chi connectivity index (χ3v) is 7.39. The molecule has 3 N–H and O–H groups in total. The number of hydroxylamine groups is 1. The summed E-state index contributed by atoms with van der Waals surface area (Å²) in [4.78, 5) is 27.4. The lowest BCUT2D eigenvalue weighted by Gasteiger charge is -2.40. The Morgan fingerprint density at radius 2 is 1.83 bits per heavy atom. The number of amides is 2. The minimum Gasteiger partial charge on any atom is -0.496 e. The molecule has 0 bridgehead atoms. The molecule has 3 aliphatic rings. The van der Waals surface area contributed by atoms with Gasteiger partial charge in [-0.3, -0.25) is 14.8 Å². The van der Waals surface area contributed by atoms with Crippen molar-refractivity contribution in [2.75, 3.05) is 26.7 Å². The summed E-state index contributed by atoms with van der Waals surface area (Å²) in [6.45, 7) is 6.29. The van der Waals surface area contributed by atoms with Gasteiger partial charge in [-0.15, -0.1) is 0 Å². The molecule has 0 aromatic heterocycles. The van der Waals surface area contributed by atoms with Crippen LogP contribution in [0, 0.1) is 25.2 Å². The number of hydrogen-bond donors (Lipinski definition) is 3. The molecule has 4 rings (SSSR count). The first-order chi connectivity index (χ1) is 14.4. The lowest BCUT2D eigenvalue weighted by molar-refractivity contribution is -0.145. The van der Waals surface area contributed by atoms with E-state index in [-0.39, 0.29) is 11.3 Å². The van der Waals surface area contributed by atoms with Gasteiger partial charge in [0.25, 0.3) is 0 Å². The first kappa shape index (κ1) is 21.1. The number of nitrogens with zero attached hydrogens (tertiary/aromatic N) is 1. The Hall–Kier alpha value is -2.12. The fraction of sp³-hybridized carbons (Fsp3) is 0.652. The first-order valence-electron chi connectivity index (χ1n) is 11.0. The number of rotatable bonds is 4. The largest absolute Gasteiger partial charge is 0.496 e. The van der Waals surface area contributed by atoms with Gasteiger partial charge in [-0.25, -0.2) is 5.48 Å². The highest BCUT2D eigenvalue weighted by molar-refractivity contribution is 5.90. The maximum absolute atomic E-state index is 13.2. The van der Waals surface area contributed by atoms with Gasteiger partial charge in [0, 0.05) is 19.6 Å². The van der Waals surface area contributed by atoms with Gasteiger partial charge in [0.1, 0.15) is 5.75 Å². The Kier molecular flexibility index (Phi) is 5.77. The van der Waals surface area contributed by atoms with Crippen molar-refractivity contribution in [3.8, 4) is 5.75 Å². The summed E-state index contributed by atoms with van der Waals surface area (Å²) in [5.41, 5.74) is 5.51. The van der Waals surface area contributed by atoms with Gasteiger partial charge in [-0.05, 0) is 74.0 Å². The number of nitrogens with one attached hydrogen (secondary N) is 2. The Bertz CT molecular complexity index is 805. The maximum atomic E-state index is 13.2. The fourth-order valence-electron chi connectivity index (χ4n) is 5.44. The van der Waals surface area contributed by atoms with Crippen LogP contribution in [0.5, 0.6) is 5.75 Å². The second kappa shape index (κ2) is 8.19. The SMILES string of the molecule is COc1c(C)cc(C2CCN(C(=O)[C@H]3NCC4(CC4)C[C@@H]3C(=O)NO)CC2)cc1C. The monoisotopic (exact) mass is 415 g/mol. The van der Waals surface area contributed by atoms with Crippen molar-refractivity contribution in [1.29, 1.82) is 0 Å². The highest BCUT2D eigenvalue weighted by Gasteiger charge is 2.52. The van der Waals surface area contributed by atoms with Crippen LogP contribution in [0.1, 0.15) is 54.7 Å². The summed E-state index contributed by atoms with van der Waals surface area (Å²) in [5.74, 6) is 0.383. The van der Waals surface area contributed by atoms with Gasteiger partial charge in [-0.1, -0.05) is 12.1 Å². The zero-order valence-corrected chi connectivity index (χ0v) is 18.2. The van der Waals surface area contributed by atoms with Crippen LogP contribution >= 0.6 is 0 Å². The highest BCUT2D eigenvalue weighted by Crippen LogP contribution is 2.52. The molecule has 1 aliphatic carbocycles. The third-order valence-electron chi connectivity index (χ3n) is 7.39. The van der Waals surface area contributed by atoms with Crippen molar-refractivity contribution in [2.24, 2.45) is 11.3 Å². The molecule has 0 unspecified atom stereocenters. The van der Waals surface area contributed by atoms with E-state index < -0.39 is 17.9 Å². The number of benzene rings is 1. The molecule has 1 aromatic rings. The van der Waals surface area contributed by atoms with Crippen LogP contribution in [0.3, 0.4) is 0 Å². The van der Waals surface area contributed by atoms with E-state index in [9.17, 15) is 9.59 Å². The molecule has 2 amide bonds. The molecule has 2 saturated heterocycles. The number of ether oxygens (including phenoxy) is 1. The lowest BCUT2D eigenvalue weighted by atomic mass is 9.80. The minimum atomic E-state index is -0.551. The van der Waals surface area contributed by atoms with E-state index >= 15 is 0 Å². The zero-order chi connectivity index (χ0) is 21.5. The quantitative estimate of drug-likeness (QED) is 0.518. The van der Waals surface area contributed by atoms with Crippen molar-refractivity contribution in [3.63, 3.8) is 0 Å². The molecule has 1 spiro atoms. The molecule has 2 heterocycles. The van der Waals surface area contributed by atoms with Crippen molar-refractivity contribution >= 4 is 11.8 Å². The van der Waals surface area contributed by atoms with Crippen LogP contribution in [0.4, 0.5) is 0 Å². The van der Waals surface area contributed by atoms with Crippen LogP contribution in [0.25, 0.3) is 0 Å². The number of hydrogen-bond acceptors (Lipinski definition) is 5. The van der Waals surface area contributed by atoms with Gasteiger partial charge >= 0.3 is 0 Å². The van der Waals surface area contributed by atoms with E-state index in [1.165, 1.54) is 5.56 Å². The molecule has 1 aromatic carbocycles. The molecule has 2 aliphatic heterocycles. The summed E-state index contributed by atoms with van der Waals surface area (Å²) in [5, 5.41) is 12.5. The summed E-state index contributed by atoms with van der Waals surface area (Å²) in [7, 11) is 1.70. The molecule has 164 valence electrons. The van der Waals surface area contributed by atoms with E-state index in [0.717, 1.165) is 49.1 Å². The van der Waals surface area contributed by atoms with Crippen LogP contribution in [0.2, 0.25) is 0 Å². The predicted molar refractivity (Wildman–Crippen MR) is 113 cm³/mol. The van der Waals surface area contributed by atoms with Crippen LogP contribution in [0.15, 0.2) is 12.1 Å². The van der Waals surface area contributed by atoms with Gasteiger partial charge in [-0.2, -0.15) is 0 Å². The number of likely N-dealkylation sites (tertiary alicyclic amines) is 1. The second-order valence-corrected chi connectivity index (χ2v) is 9.43. The predicted octanol–water partition coefficient (Wildman–Crippen LogP) is 2.28. The Morgan fingerprint density at radius 3 is 2.37 bits per heavy atom. The van der Waals surface area contributed by atoms with Gasteiger partial charge in [0.15, 0.2) is 0 Å². The molecular weight excluding hydrogens is 382 g/mol. The van der Waals surface area contributed by atoms with Crippen molar-refractivity contribution in [3.05, 3.63) is 28.8 Å². The standard InChI is InChI=1S/C23H33N3O4/c1-14-10-17(11-15(2)20(14)30-3)16-4-8-26(9-5-16)22(28)19-18(21(27)25-29)12-23(6-7-23)13-24-19/h10-11,16,18-19,24,29H,4-9,12-13H2,1-3H3,(H,25,27)/t18-,19-/m0/s1. The van der Waals surface area contributed by atoms with Crippen molar-refractivity contribution in [2.45, 2.75) is 57.9 Å². The van der Waals surface area contributed by atoms with Gasteiger partial charge in [0.2, 0.25) is 11.8 Å². The van der Waals surface area contributed by atoms with E-state index in [0.29, 0.717) is 25.4 Å². The first-order valence-corrected chi connectivity index (χ1v) is 11.0. The maximum Gasteiger partial charge on any atom is 0.248 e. The summed E-state index contributed by atoms with van der Waals surface area (Å²) in [6.07, 6.45) is 4.66. The highest BCUT2D eigenvalue weighted by atomic mass is 16.5. The Balaban J connectivity index is 1.41. The topological polar surface area (TPSA) is 90.9 Å². The van der Waals surface area contributed by atoms with Crippen LogP contribution in [-0.4, -0.2) is 54.7 Å². The average Bonchev–Trinajstić information content (AvgIpc) is 3.51. The Labute approximate surface area is 178 Å². The molecular formula is C23H33N3O4. The normalized spacial score (nSPS) is 25.8. The van der Waals surface area contributed by atoms with Crippen molar-refractivity contribution < 1.29 is 19.5 Å². The fourth-order valence-corrected chi connectivity index (χ4v) is 5.44. The third kappa shape index (κ3) is 3.93. The van der Waals surface area contributed by atoms with Crippen molar-refractivity contribution in [1.82, 2.24) is 15.7 Å². The number of carbonyl (C=O) groups excluding carboxylic acids is 2. The van der Waals surface area contributed by atoms with Crippen LogP contribution < -0.4 is 15.5 Å². The smallest absolute Gasteiger partial charge is 0.248 e. The Morgan fingerprint density at radius 1 is 1.20 bits per heavy atom.